The molecule has 0 aromatic heterocycles. The fourth-order valence-electron chi connectivity index (χ4n) is 2.12. The molecule has 0 amide bonds. The molecule has 0 aliphatic carbocycles. The monoisotopic (exact) mass is 443 g/mol. The quantitative estimate of drug-likeness (QED) is 0.667. The number of aliphatic carboxylic acids is 1. The molecule has 0 unspecified atom stereocenters. The van der Waals surface area contributed by atoms with Gasteiger partial charge in [0.25, 0.3) is 0 Å². The maximum Gasteiger partial charge on any atom is 0.573 e. The molecule has 0 aliphatic rings. The first kappa shape index (κ1) is 22.3. The summed E-state index contributed by atoms with van der Waals surface area (Å²) in [4.78, 5) is 10.1. The number of carbonyl (C=O) groups is 1. The van der Waals surface area contributed by atoms with E-state index in [9.17, 15) is 35.3 Å². The van der Waals surface area contributed by atoms with E-state index in [4.69, 9.17) is 5.11 Å². The lowest BCUT2D eigenvalue weighted by Gasteiger charge is -2.15. The van der Waals surface area contributed by atoms with Gasteiger partial charge in [0.15, 0.2) is 0 Å². The zero-order valence-electron chi connectivity index (χ0n) is 14.0. The minimum Gasteiger partial charge on any atom is -0.480 e. The Morgan fingerprint density at radius 3 is 1.66 bits per heavy atom. The molecule has 0 fully saturated rings. The summed E-state index contributed by atoms with van der Waals surface area (Å²) in [5.41, 5.74) is 0. The third kappa shape index (κ3) is 6.55. The highest BCUT2D eigenvalue weighted by Gasteiger charge is 2.32. The Bertz CT molecular complexity index is 946. The van der Waals surface area contributed by atoms with Crippen LogP contribution < -0.4 is 9.47 Å². The van der Waals surface area contributed by atoms with Crippen LogP contribution in [-0.2, 0) is 14.5 Å². The molecule has 1 N–H and O–H groups in total. The van der Waals surface area contributed by atoms with E-state index in [-0.39, 0.29) is 0 Å². The Hall–Kier alpha value is -2.96. The predicted molar refractivity (Wildman–Crippen MR) is 85.9 cm³/mol. The van der Waals surface area contributed by atoms with Crippen LogP contribution >= 0.6 is 0 Å². The minimum atomic E-state index is -5.06. The summed E-state index contributed by atoms with van der Waals surface area (Å²) in [5, 5.41) is 8.82. The number of halogens is 6. The van der Waals surface area contributed by atoms with E-state index in [1.807, 2.05) is 0 Å². The maximum absolute atomic E-state index is 13.4. The highest BCUT2D eigenvalue weighted by molar-refractivity contribution is 7.93. The fraction of sp³-hybridized carbons (Fsp3) is 0.188. The Balaban J connectivity index is 2.61. The summed E-state index contributed by atoms with van der Waals surface area (Å²) in [6.07, 6.45) is -10.1. The van der Waals surface area contributed by atoms with Gasteiger partial charge in [-0.25, -0.2) is 8.57 Å². The molecule has 0 bridgehead atoms. The van der Waals surface area contributed by atoms with Crippen molar-refractivity contribution in [1.29, 1.82) is 0 Å². The van der Waals surface area contributed by atoms with E-state index < -0.39 is 56.3 Å². The molecule has 0 spiro atoms. The topological polar surface area (TPSA) is 85.2 Å². The lowest BCUT2D eigenvalue weighted by molar-refractivity contribution is -0.275. The van der Waals surface area contributed by atoms with Crippen LogP contribution in [0.5, 0.6) is 11.5 Å². The van der Waals surface area contributed by atoms with Crippen molar-refractivity contribution in [2.45, 2.75) is 22.5 Å². The largest absolute Gasteiger partial charge is 0.573 e. The number of benzene rings is 2. The van der Waals surface area contributed by atoms with Gasteiger partial charge in [0.05, 0.1) is 9.79 Å². The molecule has 0 atom stereocenters. The summed E-state index contributed by atoms with van der Waals surface area (Å²) in [6, 6.07) is 7.46. The van der Waals surface area contributed by atoms with Gasteiger partial charge >= 0.3 is 18.7 Å². The Morgan fingerprint density at radius 2 is 1.31 bits per heavy atom. The first-order valence-electron chi connectivity index (χ1n) is 7.45. The molecule has 13 heteroatoms. The zero-order chi connectivity index (χ0) is 21.9. The number of hydrogen-bond acceptors (Lipinski definition) is 5. The SMILES string of the molecule is O=C(O)CN=S(=O)(c1cccc(OC(F)(F)F)c1)c1cccc(OC(F)(F)F)c1. The van der Waals surface area contributed by atoms with Crippen molar-refractivity contribution in [3.63, 3.8) is 0 Å². The van der Waals surface area contributed by atoms with Crippen molar-refractivity contribution in [1.82, 2.24) is 0 Å². The summed E-state index contributed by atoms with van der Waals surface area (Å²) >= 11 is 0. The second-order valence-corrected chi connectivity index (χ2v) is 7.50. The molecule has 158 valence electrons. The molecule has 2 rings (SSSR count). The molecule has 2 aromatic rings. The van der Waals surface area contributed by atoms with Gasteiger partial charge in [0.2, 0.25) is 0 Å². The van der Waals surface area contributed by atoms with Gasteiger partial charge in [-0.15, -0.1) is 26.3 Å². The lowest BCUT2D eigenvalue weighted by atomic mass is 10.3. The van der Waals surface area contributed by atoms with Crippen LogP contribution in [-0.4, -0.2) is 34.6 Å². The first-order chi connectivity index (χ1) is 13.3. The summed E-state index contributed by atoms with van der Waals surface area (Å²) in [6.45, 7) is -1.02. The first-order valence-corrected chi connectivity index (χ1v) is 8.96. The van der Waals surface area contributed by atoms with Gasteiger partial charge in [-0.2, -0.15) is 0 Å². The van der Waals surface area contributed by atoms with Crippen molar-refractivity contribution in [2.75, 3.05) is 6.54 Å². The Morgan fingerprint density at radius 1 is 0.897 bits per heavy atom. The third-order valence-corrected chi connectivity index (χ3v) is 5.38. The maximum atomic E-state index is 13.4. The van der Waals surface area contributed by atoms with Crippen molar-refractivity contribution in [2.24, 2.45) is 4.36 Å². The van der Waals surface area contributed by atoms with Gasteiger partial charge in [-0.1, -0.05) is 12.1 Å². The molecule has 0 heterocycles. The van der Waals surface area contributed by atoms with Crippen LogP contribution in [0, 0.1) is 0 Å². The van der Waals surface area contributed by atoms with Crippen LogP contribution in [0.3, 0.4) is 0 Å². The average molecular weight is 443 g/mol. The second kappa shape index (κ2) is 8.19. The number of ether oxygens (including phenoxy) is 2. The van der Waals surface area contributed by atoms with Crippen LogP contribution in [0.1, 0.15) is 0 Å². The van der Waals surface area contributed by atoms with Crippen LogP contribution in [0.4, 0.5) is 26.3 Å². The standard InChI is InChI=1S/C16H11F6NO5S/c17-15(18,19)27-10-3-1-5-12(7-10)29(26,23-9-14(24)25)13-6-2-4-11(8-13)28-16(20,21)22/h1-8H,9H2,(H,24,25). The number of nitrogens with zero attached hydrogens (tertiary/aromatic N) is 1. The Labute approximate surface area is 159 Å². The summed E-state index contributed by atoms with van der Waals surface area (Å²) < 4.78 is 99.0. The van der Waals surface area contributed by atoms with E-state index in [1.165, 1.54) is 0 Å². The minimum absolute atomic E-state index is 0.398. The molecule has 0 radical (unpaired) electrons. The van der Waals surface area contributed by atoms with Crippen LogP contribution in [0.2, 0.25) is 0 Å². The molecule has 2 aromatic carbocycles. The van der Waals surface area contributed by atoms with Crippen molar-refractivity contribution >= 4 is 15.7 Å². The molecular weight excluding hydrogens is 432 g/mol. The smallest absolute Gasteiger partial charge is 0.480 e. The van der Waals surface area contributed by atoms with Crippen molar-refractivity contribution < 1.29 is 49.9 Å². The molecule has 6 nitrogen and oxygen atoms in total. The average Bonchev–Trinajstić information content (AvgIpc) is 2.57. The van der Waals surface area contributed by atoms with E-state index in [0.29, 0.717) is 12.1 Å². The van der Waals surface area contributed by atoms with Crippen LogP contribution in [0.15, 0.2) is 62.7 Å². The molecule has 0 aliphatic heterocycles. The van der Waals surface area contributed by atoms with Crippen molar-refractivity contribution in [3.8, 4) is 11.5 Å². The lowest BCUT2D eigenvalue weighted by Crippen LogP contribution is -2.18. The molecule has 29 heavy (non-hydrogen) atoms. The number of alkyl halides is 6. The number of rotatable bonds is 6. The molecule has 0 saturated carbocycles. The normalized spacial score (nSPS) is 12.3. The predicted octanol–water partition coefficient (Wildman–Crippen LogP) is 4.45. The molecule has 0 saturated heterocycles. The van der Waals surface area contributed by atoms with E-state index in [0.717, 1.165) is 36.4 Å². The van der Waals surface area contributed by atoms with E-state index in [2.05, 4.69) is 13.8 Å². The number of hydrogen-bond donors (Lipinski definition) is 1. The second-order valence-electron chi connectivity index (χ2n) is 5.25. The molecular formula is C16H11F6NO5S. The number of carboxylic acid groups (broad SMARTS) is 1. The highest BCUT2D eigenvalue weighted by Crippen LogP contribution is 2.32. The van der Waals surface area contributed by atoms with Crippen LogP contribution in [0.25, 0.3) is 0 Å². The third-order valence-electron chi connectivity index (χ3n) is 3.10. The summed E-state index contributed by atoms with van der Waals surface area (Å²) in [7, 11) is -3.95. The van der Waals surface area contributed by atoms with Gasteiger partial charge in [0.1, 0.15) is 27.8 Å². The Kier molecular flexibility index (Phi) is 6.30. The number of carboxylic acids is 1. The van der Waals surface area contributed by atoms with Gasteiger partial charge in [-0.05, 0) is 36.4 Å². The van der Waals surface area contributed by atoms with Crippen molar-refractivity contribution in [3.05, 3.63) is 48.5 Å². The van der Waals surface area contributed by atoms with Gasteiger partial charge in [-0.3, -0.25) is 4.79 Å². The highest BCUT2D eigenvalue weighted by atomic mass is 32.2. The fourth-order valence-corrected chi connectivity index (χ4v) is 4.06. The van der Waals surface area contributed by atoms with Gasteiger partial charge < -0.3 is 14.6 Å². The zero-order valence-corrected chi connectivity index (χ0v) is 14.8. The van der Waals surface area contributed by atoms with E-state index in [1.54, 1.807) is 0 Å². The van der Waals surface area contributed by atoms with Gasteiger partial charge in [0, 0.05) is 0 Å². The summed E-state index contributed by atoms with van der Waals surface area (Å²) in [5.74, 6) is -3.05. The van der Waals surface area contributed by atoms with E-state index >= 15 is 0 Å².